The van der Waals surface area contributed by atoms with Crippen molar-refractivity contribution in [2.45, 2.75) is 31.3 Å². The molecule has 4 nitrogen and oxygen atoms in total. The topological polar surface area (TPSA) is 61.4 Å². The minimum atomic E-state index is -0.676. The van der Waals surface area contributed by atoms with Crippen LogP contribution in [0, 0.1) is 0 Å². The van der Waals surface area contributed by atoms with Crippen molar-refractivity contribution in [3.05, 3.63) is 34.9 Å². The minimum Gasteiger partial charge on any atom is -0.388 e. The van der Waals surface area contributed by atoms with Crippen LogP contribution >= 0.6 is 11.6 Å². The minimum absolute atomic E-state index is 0.234. The van der Waals surface area contributed by atoms with Crippen molar-refractivity contribution < 1.29 is 9.90 Å². The van der Waals surface area contributed by atoms with Crippen LogP contribution in [0.15, 0.2) is 24.3 Å². The summed E-state index contributed by atoms with van der Waals surface area (Å²) < 4.78 is 0. The molecule has 1 aromatic carbocycles. The number of aliphatic hydroxyl groups is 1. The molecule has 3 N–H and O–H groups in total. The third kappa shape index (κ3) is 4.40. The molecule has 1 fully saturated rings. The van der Waals surface area contributed by atoms with E-state index in [0.29, 0.717) is 18.1 Å². The van der Waals surface area contributed by atoms with E-state index in [-0.39, 0.29) is 6.03 Å². The van der Waals surface area contributed by atoms with E-state index in [0.717, 1.165) is 31.2 Å². The standard InChI is InChI=1S/C14H19ClN2O2/c15-12-4-1-3-11(9-12)5-8-16-13(18)17-10-14(19)6-2-7-14/h1,3-4,9,19H,2,5-8,10H2,(H2,16,17,18). The average molecular weight is 283 g/mol. The molecular formula is C14H19ClN2O2. The van der Waals surface area contributed by atoms with Gasteiger partial charge in [0.05, 0.1) is 5.60 Å². The number of hydrogen-bond donors (Lipinski definition) is 3. The molecule has 1 aliphatic carbocycles. The van der Waals surface area contributed by atoms with Crippen LogP contribution in [0.5, 0.6) is 0 Å². The molecule has 0 bridgehead atoms. The summed E-state index contributed by atoms with van der Waals surface area (Å²) in [6.07, 6.45) is 3.32. The van der Waals surface area contributed by atoms with Crippen molar-refractivity contribution in [2.24, 2.45) is 0 Å². The van der Waals surface area contributed by atoms with Gasteiger partial charge >= 0.3 is 6.03 Å². The Morgan fingerprint density at radius 2 is 2.16 bits per heavy atom. The second-order valence-electron chi connectivity index (χ2n) is 5.07. The van der Waals surface area contributed by atoms with Gasteiger partial charge in [-0.05, 0) is 43.4 Å². The highest BCUT2D eigenvalue weighted by Gasteiger charge is 2.34. The first-order valence-corrected chi connectivity index (χ1v) is 6.94. The number of urea groups is 1. The van der Waals surface area contributed by atoms with Crippen LogP contribution in [0.1, 0.15) is 24.8 Å². The maximum absolute atomic E-state index is 11.5. The monoisotopic (exact) mass is 282 g/mol. The Labute approximate surface area is 118 Å². The molecule has 0 saturated heterocycles. The van der Waals surface area contributed by atoms with Crippen LogP contribution in [0.2, 0.25) is 5.02 Å². The van der Waals surface area contributed by atoms with E-state index >= 15 is 0 Å². The fraction of sp³-hybridized carbons (Fsp3) is 0.500. The number of rotatable bonds is 5. The molecule has 0 atom stereocenters. The van der Waals surface area contributed by atoms with E-state index < -0.39 is 5.60 Å². The van der Waals surface area contributed by atoms with Gasteiger partial charge in [-0.3, -0.25) is 0 Å². The zero-order valence-corrected chi connectivity index (χ0v) is 11.5. The van der Waals surface area contributed by atoms with Crippen molar-refractivity contribution >= 4 is 17.6 Å². The van der Waals surface area contributed by atoms with Gasteiger partial charge in [0.25, 0.3) is 0 Å². The molecule has 0 unspecified atom stereocenters. The van der Waals surface area contributed by atoms with Crippen molar-refractivity contribution in [3.8, 4) is 0 Å². The highest BCUT2D eigenvalue weighted by atomic mass is 35.5. The second kappa shape index (κ2) is 6.26. The summed E-state index contributed by atoms with van der Waals surface area (Å²) in [6, 6.07) is 7.34. The molecule has 104 valence electrons. The Morgan fingerprint density at radius 1 is 1.37 bits per heavy atom. The van der Waals surface area contributed by atoms with Crippen molar-refractivity contribution in [3.63, 3.8) is 0 Å². The van der Waals surface area contributed by atoms with E-state index in [4.69, 9.17) is 11.6 Å². The lowest BCUT2D eigenvalue weighted by Gasteiger charge is -2.36. The van der Waals surface area contributed by atoms with Gasteiger partial charge in [0.2, 0.25) is 0 Å². The number of carbonyl (C=O) groups is 1. The van der Waals surface area contributed by atoms with Gasteiger partial charge in [0.15, 0.2) is 0 Å². The number of benzene rings is 1. The molecule has 0 spiro atoms. The number of amides is 2. The first-order chi connectivity index (χ1) is 9.07. The number of carbonyl (C=O) groups excluding carboxylic acids is 1. The predicted octanol–water partition coefficient (Wildman–Crippen LogP) is 2.10. The summed E-state index contributed by atoms with van der Waals surface area (Å²) in [5.41, 5.74) is 0.412. The Balaban J connectivity index is 1.63. The molecule has 1 saturated carbocycles. The summed E-state index contributed by atoms with van der Waals surface area (Å²) in [5.74, 6) is 0. The van der Waals surface area contributed by atoms with E-state index in [1.165, 1.54) is 0 Å². The summed E-state index contributed by atoms with van der Waals surface area (Å²) in [6.45, 7) is 0.876. The Morgan fingerprint density at radius 3 is 2.79 bits per heavy atom. The molecule has 5 heteroatoms. The molecular weight excluding hydrogens is 264 g/mol. The van der Waals surface area contributed by atoms with E-state index in [1.807, 2.05) is 24.3 Å². The molecule has 2 rings (SSSR count). The maximum atomic E-state index is 11.5. The first-order valence-electron chi connectivity index (χ1n) is 6.56. The average Bonchev–Trinajstić information content (AvgIpc) is 2.34. The molecule has 0 radical (unpaired) electrons. The smallest absolute Gasteiger partial charge is 0.314 e. The van der Waals surface area contributed by atoms with Crippen molar-refractivity contribution in [1.29, 1.82) is 0 Å². The summed E-state index contributed by atoms with van der Waals surface area (Å²) in [4.78, 5) is 11.5. The molecule has 0 aromatic heterocycles. The molecule has 0 aliphatic heterocycles. The van der Waals surface area contributed by atoms with Gasteiger partial charge < -0.3 is 15.7 Å². The van der Waals surface area contributed by atoms with Crippen molar-refractivity contribution in [1.82, 2.24) is 10.6 Å². The summed E-state index contributed by atoms with van der Waals surface area (Å²) in [7, 11) is 0. The Bertz CT molecular complexity index is 447. The fourth-order valence-electron chi connectivity index (χ4n) is 2.08. The van der Waals surface area contributed by atoms with E-state index in [1.54, 1.807) is 0 Å². The van der Waals surface area contributed by atoms with Crippen LogP contribution in [-0.4, -0.2) is 29.8 Å². The molecule has 2 amide bonds. The van der Waals surface area contributed by atoms with Crippen LogP contribution in [0.25, 0.3) is 0 Å². The van der Waals surface area contributed by atoms with Gasteiger partial charge in [-0.2, -0.15) is 0 Å². The lowest BCUT2D eigenvalue weighted by Crippen LogP contribution is -2.50. The van der Waals surface area contributed by atoms with E-state index in [2.05, 4.69) is 10.6 Å². The second-order valence-corrected chi connectivity index (χ2v) is 5.50. The van der Waals surface area contributed by atoms with Crippen LogP contribution in [0.4, 0.5) is 4.79 Å². The van der Waals surface area contributed by atoms with Gasteiger partial charge in [-0.1, -0.05) is 23.7 Å². The van der Waals surface area contributed by atoms with Crippen LogP contribution in [0.3, 0.4) is 0 Å². The third-order valence-electron chi connectivity index (χ3n) is 3.45. The molecule has 1 aliphatic rings. The number of nitrogens with one attached hydrogen (secondary N) is 2. The van der Waals surface area contributed by atoms with Crippen molar-refractivity contribution in [2.75, 3.05) is 13.1 Å². The van der Waals surface area contributed by atoms with Crippen LogP contribution in [-0.2, 0) is 6.42 Å². The SMILES string of the molecule is O=C(NCCc1cccc(Cl)c1)NCC1(O)CCC1. The predicted molar refractivity (Wildman–Crippen MR) is 75.4 cm³/mol. The zero-order valence-electron chi connectivity index (χ0n) is 10.8. The number of hydrogen-bond acceptors (Lipinski definition) is 2. The highest BCUT2D eigenvalue weighted by molar-refractivity contribution is 6.30. The lowest BCUT2D eigenvalue weighted by atomic mass is 9.80. The normalized spacial score (nSPS) is 16.5. The van der Waals surface area contributed by atoms with E-state index in [9.17, 15) is 9.90 Å². The van der Waals surface area contributed by atoms with Gasteiger partial charge in [-0.25, -0.2) is 4.79 Å². The van der Waals surface area contributed by atoms with Gasteiger partial charge in [0.1, 0.15) is 0 Å². The number of halogens is 1. The lowest BCUT2D eigenvalue weighted by molar-refractivity contribution is -0.0290. The van der Waals surface area contributed by atoms with Gasteiger partial charge in [0, 0.05) is 18.1 Å². The largest absolute Gasteiger partial charge is 0.388 e. The summed E-state index contributed by atoms with van der Waals surface area (Å²) >= 11 is 5.88. The summed E-state index contributed by atoms with van der Waals surface area (Å²) in [5, 5.41) is 16.0. The maximum Gasteiger partial charge on any atom is 0.314 e. The fourth-order valence-corrected chi connectivity index (χ4v) is 2.29. The highest BCUT2D eigenvalue weighted by Crippen LogP contribution is 2.30. The Hall–Kier alpha value is -1.26. The Kier molecular flexibility index (Phi) is 4.66. The molecule has 1 aromatic rings. The first kappa shape index (κ1) is 14.2. The quantitative estimate of drug-likeness (QED) is 0.774. The third-order valence-corrected chi connectivity index (χ3v) is 3.69. The molecule has 19 heavy (non-hydrogen) atoms. The van der Waals surface area contributed by atoms with Crippen LogP contribution < -0.4 is 10.6 Å². The zero-order chi connectivity index (χ0) is 13.7. The van der Waals surface area contributed by atoms with Gasteiger partial charge in [-0.15, -0.1) is 0 Å². The molecule has 0 heterocycles.